The Balaban J connectivity index is 1.68. The molecule has 1 aliphatic heterocycles. The molecule has 0 radical (unpaired) electrons. The van der Waals surface area contributed by atoms with Crippen LogP contribution in [0.2, 0.25) is 0 Å². The van der Waals surface area contributed by atoms with Gasteiger partial charge in [-0.1, -0.05) is 38.1 Å². The minimum Gasteiger partial charge on any atom is -0.391 e. The summed E-state index contributed by atoms with van der Waals surface area (Å²) in [7, 11) is 0. The molecule has 30 heavy (non-hydrogen) atoms. The number of nitrogens with one attached hydrogen (secondary N) is 1. The van der Waals surface area contributed by atoms with E-state index in [1.54, 1.807) is 11.3 Å². The first-order chi connectivity index (χ1) is 14.2. The van der Waals surface area contributed by atoms with E-state index in [-0.39, 0.29) is 36.7 Å². The number of thiazole rings is 1. The zero-order valence-electron chi connectivity index (χ0n) is 17.8. The molecule has 0 aliphatic carbocycles. The minimum atomic E-state index is -0.721. The van der Waals surface area contributed by atoms with Crippen molar-refractivity contribution in [1.29, 1.82) is 0 Å². The average Bonchev–Trinajstić information content (AvgIpc) is 3.32. The monoisotopic (exact) mass is 430 g/mol. The number of carbonyl (C=O) groups is 2. The number of aromatic nitrogens is 1. The Hall–Kier alpha value is -2.29. The summed E-state index contributed by atoms with van der Waals surface area (Å²) in [5.74, 6) is -0.608. The van der Waals surface area contributed by atoms with Crippen LogP contribution in [0.1, 0.15) is 44.5 Å². The molecule has 0 bridgehead atoms. The van der Waals surface area contributed by atoms with E-state index in [2.05, 4.69) is 10.3 Å². The quantitative estimate of drug-likeness (QED) is 0.651. The molecule has 0 saturated carbocycles. The average molecular weight is 431 g/mol. The van der Waals surface area contributed by atoms with E-state index in [1.807, 2.05) is 57.5 Å². The number of nitrogens with two attached hydrogens (primary N) is 1. The zero-order chi connectivity index (χ0) is 22.0. The maximum atomic E-state index is 12.9. The largest absolute Gasteiger partial charge is 0.391 e. The third-order valence-corrected chi connectivity index (χ3v) is 6.62. The number of hydrogen-bond acceptors (Lipinski definition) is 6. The number of carbonyl (C=O) groups excluding carboxylic acids is 2. The highest BCUT2D eigenvalue weighted by Crippen LogP contribution is 2.28. The fraction of sp³-hybridized carbons (Fsp3) is 0.500. The Labute approximate surface area is 181 Å². The van der Waals surface area contributed by atoms with Crippen LogP contribution in [0.3, 0.4) is 0 Å². The second-order valence-electron chi connectivity index (χ2n) is 8.28. The topological polar surface area (TPSA) is 109 Å². The Morgan fingerprint density at radius 1 is 1.27 bits per heavy atom. The molecule has 4 N–H and O–H groups in total. The van der Waals surface area contributed by atoms with Gasteiger partial charge in [-0.25, -0.2) is 4.98 Å². The van der Waals surface area contributed by atoms with Crippen LogP contribution in [0.4, 0.5) is 0 Å². The number of aliphatic hydroxyl groups excluding tert-OH is 1. The van der Waals surface area contributed by atoms with Crippen LogP contribution in [-0.2, 0) is 9.59 Å². The van der Waals surface area contributed by atoms with Gasteiger partial charge < -0.3 is 21.1 Å². The van der Waals surface area contributed by atoms with Gasteiger partial charge >= 0.3 is 0 Å². The van der Waals surface area contributed by atoms with Gasteiger partial charge in [-0.15, -0.1) is 11.3 Å². The highest BCUT2D eigenvalue weighted by Gasteiger charge is 2.41. The lowest BCUT2D eigenvalue weighted by molar-refractivity contribution is -0.140. The fourth-order valence-corrected chi connectivity index (χ4v) is 4.49. The first-order valence-electron chi connectivity index (χ1n) is 10.2. The standard InChI is InChI=1S/C22H30N4O3S/c1-12(2)19(23)22(29)26-10-17(27)9-18(26)21(28)25-13(3)15-5-7-16(8-6-15)20-14(4)24-11-30-20/h5-8,11-13,17-19,27H,9-10,23H2,1-4H3,(H,25,28)/t13-,17?,18?,19-/m0/s1. The number of nitrogens with zero attached hydrogens (tertiary/aromatic N) is 2. The number of benzene rings is 1. The van der Waals surface area contributed by atoms with Gasteiger partial charge in [0.1, 0.15) is 6.04 Å². The van der Waals surface area contributed by atoms with E-state index in [9.17, 15) is 14.7 Å². The third kappa shape index (κ3) is 4.71. The van der Waals surface area contributed by atoms with E-state index in [1.165, 1.54) is 4.90 Å². The summed E-state index contributed by atoms with van der Waals surface area (Å²) >= 11 is 1.60. The molecular formula is C22H30N4O3S. The lowest BCUT2D eigenvalue weighted by Gasteiger charge is -2.28. The van der Waals surface area contributed by atoms with Gasteiger partial charge in [0.05, 0.1) is 34.3 Å². The summed E-state index contributed by atoms with van der Waals surface area (Å²) in [6, 6.07) is 6.39. The van der Waals surface area contributed by atoms with Crippen LogP contribution in [0, 0.1) is 12.8 Å². The van der Waals surface area contributed by atoms with Crippen LogP contribution in [0.5, 0.6) is 0 Å². The molecule has 7 nitrogen and oxygen atoms in total. The molecular weight excluding hydrogens is 400 g/mol. The van der Waals surface area contributed by atoms with Crippen molar-refractivity contribution in [3.8, 4) is 10.4 Å². The molecule has 1 fully saturated rings. The smallest absolute Gasteiger partial charge is 0.243 e. The normalized spacial score (nSPS) is 21.0. The first-order valence-corrected chi connectivity index (χ1v) is 11.1. The molecule has 0 spiro atoms. The van der Waals surface area contributed by atoms with E-state index in [0.29, 0.717) is 0 Å². The summed E-state index contributed by atoms with van der Waals surface area (Å²) in [4.78, 5) is 32.4. The predicted octanol–water partition coefficient (Wildman–Crippen LogP) is 2.24. The number of rotatable bonds is 6. The number of likely N-dealkylation sites (tertiary alicyclic amines) is 1. The molecule has 2 aromatic rings. The lowest BCUT2D eigenvalue weighted by atomic mass is 10.0. The second-order valence-corrected chi connectivity index (χ2v) is 9.14. The minimum absolute atomic E-state index is 0.0430. The molecule has 1 aromatic carbocycles. The van der Waals surface area contributed by atoms with E-state index >= 15 is 0 Å². The van der Waals surface area contributed by atoms with Crippen molar-refractivity contribution in [2.45, 2.75) is 58.3 Å². The molecule has 1 aliphatic rings. The Morgan fingerprint density at radius 2 is 1.93 bits per heavy atom. The van der Waals surface area contributed by atoms with E-state index in [0.717, 1.165) is 21.7 Å². The maximum Gasteiger partial charge on any atom is 0.243 e. The summed E-state index contributed by atoms with van der Waals surface area (Å²) in [5, 5.41) is 13.0. The molecule has 1 saturated heterocycles. The molecule has 2 amide bonds. The number of amides is 2. The Morgan fingerprint density at radius 3 is 2.50 bits per heavy atom. The first kappa shape index (κ1) is 22.4. The summed E-state index contributed by atoms with van der Waals surface area (Å²) < 4.78 is 0. The van der Waals surface area contributed by atoms with Crippen molar-refractivity contribution in [3.63, 3.8) is 0 Å². The van der Waals surface area contributed by atoms with Crippen LogP contribution in [0.15, 0.2) is 29.8 Å². The van der Waals surface area contributed by atoms with Crippen LogP contribution in [-0.4, -0.2) is 51.5 Å². The second kappa shape index (κ2) is 9.24. The summed E-state index contributed by atoms with van der Waals surface area (Å²) in [6.07, 6.45) is -0.500. The van der Waals surface area contributed by atoms with Crippen molar-refractivity contribution in [1.82, 2.24) is 15.2 Å². The van der Waals surface area contributed by atoms with Gasteiger partial charge in [0, 0.05) is 13.0 Å². The molecule has 1 aromatic heterocycles. The van der Waals surface area contributed by atoms with Gasteiger partial charge in [-0.2, -0.15) is 0 Å². The van der Waals surface area contributed by atoms with Crippen molar-refractivity contribution in [3.05, 3.63) is 41.0 Å². The molecule has 162 valence electrons. The van der Waals surface area contributed by atoms with Crippen LogP contribution >= 0.6 is 11.3 Å². The summed E-state index contributed by atoms with van der Waals surface area (Å²) in [5.41, 5.74) is 10.9. The molecule has 2 unspecified atom stereocenters. The van der Waals surface area contributed by atoms with E-state index in [4.69, 9.17) is 5.73 Å². The zero-order valence-corrected chi connectivity index (χ0v) is 18.6. The highest BCUT2D eigenvalue weighted by atomic mass is 32.1. The molecule has 4 atom stereocenters. The third-order valence-electron chi connectivity index (χ3n) is 5.65. The number of aliphatic hydroxyl groups is 1. The molecule has 3 rings (SSSR count). The highest BCUT2D eigenvalue weighted by molar-refractivity contribution is 7.13. The van der Waals surface area contributed by atoms with Crippen molar-refractivity contribution < 1.29 is 14.7 Å². The van der Waals surface area contributed by atoms with E-state index < -0.39 is 18.2 Å². The van der Waals surface area contributed by atoms with Gasteiger partial charge in [-0.3, -0.25) is 9.59 Å². The molecule has 8 heteroatoms. The van der Waals surface area contributed by atoms with Gasteiger partial charge in [0.2, 0.25) is 11.8 Å². The van der Waals surface area contributed by atoms with Crippen molar-refractivity contribution in [2.24, 2.45) is 11.7 Å². The number of β-amino-alcohol motifs (C(OH)–C–C–N with tert-alkyl or cyclic N) is 1. The van der Waals surface area contributed by atoms with Crippen molar-refractivity contribution >= 4 is 23.2 Å². The van der Waals surface area contributed by atoms with Gasteiger partial charge in [-0.05, 0) is 30.9 Å². The van der Waals surface area contributed by atoms with Crippen molar-refractivity contribution in [2.75, 3.05) is 6.54 Å². The maximum absolute atomic E-state index is 12.9. The number of aryl methyl sites for hydroxylation is 1. The van der Waals surface area contributed by atoms with Crippen LogP contribution in [0.25, 0.3) is 10.4 Å². The predicted molar refractivity (Wildman–Crippen MR) is 118 cm³/mol. The van der Waals surface area contributed by atoms with Gasteiger partial charge in [0.15, 0.2) is 0 Å². The Kier molecular flexibility index (Phi) is 6.90. The van der Waals surface area contributed by atoms with Crippen LogP contribution < -0.4 is 11.1 Å². The number of hydrogen-bond donors (Lipinski definition) is 3. The van der Waals surface area contributed by atoms with Gasteiger partial charge in [0.25, 0.3) is 0 Å². The SMILES string of the molecule is Cc1ncsc1-c1ccc([C@H](C)NC(=O)C2CC(O)CN2C(=O)[C@@H](N)C(C)C)cc1. The lowest BCUT2D eigenvalue weighted by Crippen LogP contribution is -2.52. The Bertz CT molecular complexity index is 896. The summed E-state index contributed by atoms with van der Waals surface area (Å²) in [6.45, 7) is 7.75. The fourth-order valence-electron chi connectivity index (χ4n) is 3.68. The molecule has 2 heterocycles.